The van der Waals surface area contributed by atoms with Crippen molar-refractivity contribution in [3.8, 4) is 0 Å². The van der Waals surface area contributed by atoms with Gasteiger partial charge in [0.2, 0.25) is 0 Å². The lowest BCUT2D eigenvalue weighted by Gasteiger charge is -2.29. The van der Waals surface area contributed by atoms with E-state index in [0.717, 1.165) is 19.1 Å². The first-order chi connectivity index (χ1) is 10.4. The topological polar surface area (TPSA) is 102 Å². The molecule has 1 aliphatic carbocycles. The standard InChI is InChI=1S/C15H24N2O4S.ClH/c1-22(19,20)10-12-7-8-14(21-12)15(18)17-13(9-16)11-5-3-2-4-6-11;/h7-8,11,13H,2-6,9-10,16H2,1H3,(H,17,18);1H. The average Bonchev–Trinajstić information content (AvgIpc) is 2.92. The number of hydrogen-bond donors (Lipinski definition) is 2. The molecule has 1 aliphatic rings. The Kier molecular flexibility index (Phi) is 7.57. The molecule has 1 aromatic heterocycles. The van der Waals surface area contributed by atoms with Crippen molar-refractivity contribution in [3.63, 3.8) is 0 Å². The molecule has 0 aliphatic heterocycles. The highest BCUT2D eigenvalue weighted by molar-refractivity contribution is 7.89. The van der Waals surface area contributed by atoms with E-state index < -0.39 is 9.84 Å². The summed E-state index contributed by atoms with van der Waals surface area (Å²) in [5, 5.41) is 2.92. The van der Waals surface area contributed by atoms with Crippen LogP contribution in [0.2, 0.25) is 0 Å². The van der Waals surface area contributed by atoms with Crippen molar-refractivity contribution >= 4 is 28.2 Å². The summed E-state index contributed by atoms with van der Waals surface area (Å²) in [7, 11) is -3.18. The molecule has 0 aromatic carbocycles. The van der Waals surface area contributed by atoms with Crippen LogP contribution in [0.1, 0.15) is 48.4 Å². The van der Waals surface area contributed by atoms with E-state index in [1.165, 1.54) is 31.4 Å². The van der Waals surface area contributed by atoms with Crippen molar-refractivity contribution in [2.45, 2.75) is 43.9 Å². The number of halogens is 1. The first-order valence-corrected chi connectivity index (χ1v) is 9.72. The summed E-state index contributed by atoms with van der Waals surface area (Å²) in [6.45, 7) is 0.396. The molecule has 1 amide bonds. The molecule has 132 valence electrons. The molecule has 6 nitrogen and oxygen atoms in total. The molecule has 0 saturated heterocycles. The lowest BCUT2D eigenvalue weighted by Crippen LogP contribution is -2.45. The van der Waals surface area contributed by atoms with Crippen LogP contribution in [0.15, 0.2) is 16.5 Å². The second-order valence-electron chi connectivity index (χ2n) is 6.05. The summed E-state index contributed by atoms with van der Waals surface area (Å²) in [5.41, 5.74) is 5.79. The maximum Gasteiger partial charge on any atom is 0.287 e. The van der Waals surface area contributed by atoms with Gasteiger partial charge in [0.25, 0.3) is 5.91 Å². The molecule has 1 fully saturated rings. The van der Waals surface area contributed by atoms with Gasteiger partial charge in [0, 0.05) is 18.8 Å². The van der Waals surface area contributed by atoms with E-state index in [0.29, 0.717) is 12.5 Å². The van der Waals surface area contributed by atoms with Crippen molar-refractivity contribution in [1.29, 1.82) is 0 Å². The van der Waals surface area contributed by atoms with E-state index in [-0.39, 0.29) is 41.6 Å². The number of sulfone groups is 1. The predicted octanol–water partition coefficient (Wildman–Crippen LogP) is 1.88. The highest BCUT2D eigenvalue weighted by Gasteiger charge is 2.25. The summed E-state index contributed by atoms with van der Waals surface area (Å²) < 4.78 is 27.8. The van der Waals surface area contributed by atoms with E-state index in [2.05, 4.69) is 5.32 Å². The quantitative estimate of drug-likeness (QED) is 0.802. The Morgan fingerprint density at radius 3 is 2.57 bits per heavy atom. The van der Waals surface area contributed by atoms with Crippen LogP contribution in [0.4, 0.5) is 0 Å². The van der Waals surface area contributed by atoms with Crippen LogP contribution in [-0.2, 0) is 15.6 Å². The molecule has 3 N–H and O–H groups in total. The largest absolute Gasteiger partial charge is 0.455 e. The fraction of sp³-hybridized carbons (Fsp3) is 0.667. The van der Waals surface area contributed by atoms with Crippen molar-refractivity contribution < 1.29 is 17.6 Å². The SMILES string of the molecule is CS(=O)(=O)Cc1ccc(C(=O)NC(CN)C2CCCCC2)o1.Cl. The van der Waals surface area contributed by atoms with Gasteiger partial charge >= 0.3 is 0 Å². The maximum absolute atomic E-state index is 12.2. The zero-order valence-corrected chi connectivity index (χ0v) is 14.9. The molecule has 1 aromatic rings. The Hall–Kier alpha value is -1.05. The van der Waals surface area contributed by atoms with Crippen LogP contribution in [0.3, 0.4) is 0 Å². The minimum atomic E-state index is -3.18. The molecule has 1 heterocycles. The van der Waals surface area contributed by atoms with Crippen LogP contribution in [0, 0.1) is 5.92 Å². The number of carbonyl (C=O) groups is 1. The summed E-state index contributed by atoms with van der Waals surface area (Å²) in [5.74, 6) is 0.278. The lowest BCUT2D eigenvalue weighted by atomic mass is 9.84. The van der Waals surface area contributed by atoms with E-state index in [9.17, 15) is 13.2 Å². The minimum absolute atomic E-state index is 0. The number of nitrogens with one attached hydrogen (secondary N) is 1. The first kappa shape index (κ1) is 20.0. The average molecular weight is 365 g/mol. The molecule has 1 unspecified atom stereocenters. The van der Waals surface area contributed by atoms with Gasteiger partial charge in [0.15, 0.2) is 15.6 Å². The van der Waals surface area contributed by atoms with Gasteiger partial charge in [-0.25, -0.2) is 8.42 Å². The second-order valence-corrected chi connectivity index (χ2v) is 8.19. The molecule has 1 saturated carbocycles. The third kappa shape index (κ3) is 6.16. The van der Waals surface area contributed by atoms with Crippen LogP contribution >= 0.6 is 12.4 Å². The van der Waals surface area contributed by atoms with Crippen molar-refractivity contribution in [1.82, 2.24) is 5.32 Å². The van der Waals surface area contributed by atoms with Crippen LogP contribution in [0.25, 0.3) is 0 Å². The van der Waals surface area contributed by atoms with Gasteiger partial charge in [0.1, 0.15) is 11.5 Å². The smallest absolute Gasteiger partial charge is 0.287 e. The summed E-state index contributed by atoms with van der Waals surface area (Å²) in [6, 6.07) is 2.97. The number of rotatable bonds is 6. The van der Waals surface area contributed by atoms with Crippen LogP contribution in [0.5, 0.6) is 0 Å². The Bertz CT molecular complexity index is 609. The fourth-order valence-electron chi connectivity index (χ4n) is 2.98. The molecule has 23 heavy (non-hydrogen) atoms. The zero-order valence-electron chi connectivity index (χ0n) is 13.3. The van der Waals surface area contributed by atoms with Crippen molar-refractivity contribution in [2.75, 3.05) is 12.8 Å². The Balaban J connectivity index is 0.00000264. The number of furan rings is 1. The normalized spacial score (nSPS) is 17.3. The van der Waals surface area contributed by atoms with Gasteiger partial charge in [-0.1, -0.05) is 19.3 Å². The summed E-state index contributed by atoms with van der Waals surface area (Å²) >= 11 is 0. The zero-order chi connectivity index (χ0) is 16.2. The van der Waals surface area contributed by atoms with Gasteiger partial charge in [-0.2, -0.15) is 0 Å². The molecular formula is C15H25ClN2O4S. The lowest BCUT2D eigenvalue weighted by molar-refractivity contribution is 0.0886. The van der Waals surface area contributed by atoms with Crippen molar-refractivity contribution in [2.24, 2.45) is 11.7 Å². The predicted molar refractivity (Wildman–Crippen MR) is 91.4 cm³/mol. The Labute approximate surface area is 143 Å². The number of carbonyl (C=O) groups excluding carboxylic acids is 1. The van der Waals surface area contributed by atoms with Crippen molar-refractivity contribution in [3.05, 3.63) is 23.7 Å². The van der Waals surface area contributed by atoms with E-state index >= 15 is 0 Å². The first-order valence-electron chi connectivity index (χ1n) is 7.66. The maximum atomic E-state index is 12.2. The number of amides is 1. The molecule has 1 atom stereocenters. The van der Waals surface area contributed by atoms with E-state index in [1.807, 2.05) is 0 Å². The van der Waals surface area contributed by atoms with E-state index in [1.54, 1.807) is 0 Å². The van der Waals surface area contributed by atoms with Gasteiger partial charge < -0.3 is 15.5 Å². The highest BCUT2D eigenvalue weighted by Crippen LogP contribution is 2.26. The molecule has 0 spiro atoms. The fourth-order valence-corrected chi connectivity index (χ4v) is 3.65. The molecule has 2 rings (SSSR count). The Morgan fingerprint density at radius 2 is 2.00 bits per heavy atom. The second kappa shape index (κ2) is 8.70. The third-order valence-electron chi connectivity index (χ3n) is 4.08. The molecule has 8 heteroatoms. The third-order valence-corrected chi connectivity index (χ3v) is 4.89. The molecular weight excluding hydrogens is 340 g/mol. The number of nitrogens with two attached hydrogens (primary N) is 1. The van der Waals surface area contributed by atoms with Gasteiger partial charge in [-0.15, -0.1) is 12.4 Å². The van der Waals surface area contributed by atoms with Crippen LogP contribution in [-0.4, -0.2) is 33.2 Å². The van der Waals surface area contributed by atoms with Gasteiger partial charge in [-0.05, 0) is 30.9 Å². The molecule has 0 radical (unpaired) electrons. The highest BCUT2D eigenvalue weighted by atomic mass is 35.5. The Morgan fingerprint density at radius 1 is 1.35 bits per heavy atom. The summed E-state index contributed by atoms with van der Waals surface area (Å²) in [6.07, 6.45) is 6.89. The molecule has 0 bridgehead atoms. The summed E-state index contributed by atoms with van der Waals surface area (Å²) in [4.78, 5) is 12.2. The minimum Gasteiger partial charge on any atom is -0.455 e. The monoisotopic (exact) mass is 364 g/mol. The van der Waals surface area contributed by atoms with Crippen LogP contribution < -0.4 is 11.1 Å². The van der Waals surface area contributed by atoms with Gasteiger partial charge in [-0.3, -0.25) is 4.79 Å². The number of hydrogen-bond acceptors (Lipinski definition) is 5. The van der Waals surface area contributed by atoms with Gasteiger partial charge in [0.05, 0.1) is 0 Å². The van der Waals surface area contributed by atoms with E-state index in [4.69, 9.17) is 10.2 Å².